The van der Waals surface area contributed by atoms with Gasteiger partial charge in [0, 0.05) is 0 Å². The van der Waals surface area contributed by atoms with Gasteiger partial charge in [0.25, 0.3) is 5.91 Å². The zero-order valence-electron chi connectivity index (χ0n) is 15.6. The molecule has 0 spiro atoms. The van der Waals surface area contributed by atoms with Crippen LogP contribution in [0.15, 0.2) is 87.5 Å². The number of sulfonamides is 1. The van der Waals surface area contributed by atoms with Gasteiger partial charge < -0.3 is 4.74 Å². The molecule has 0 fully saturated rings. The Bertz CT molecular complexity index is 1180. The molecule has 1 unspecified atom stereocenters. The highest BCUT2D eigenvalue weighted by molar-refractivity contribution is 7.99. The van der Waals surface area contributed by atoms with Crippen LogP contribution in [0.2, 0.25) is 0 Å². The Labute approximate surface area is 178 Å². The normalized spacial score (nSPS) is 13.5. The van der Waals surface area contributed by atoms with Crippen LogP contribution in [0.1, 0.15) is 5.56 Å². The van der Waals surface area contributed by atoms with E-state index in [2.05, 4.69) is 4.72 Å². The molecule has 1 amide bonds. The van der Waals surface area contributed by atoms with Crippen LogP contribution in [0.3, 0.4) is 0 Å². The molecule has 0 radical (unpaired) electrons. The third-order valence-corrected chi connectivity index (χ3v) is 7.09. The van der Waals surface area contributed by atoms with Crippen molar-refractivity contribution in [2.75, 3.05) is 0 Å². The highest BCUT2D eigenvalue weighted by Crippen LogP contribution is 2.47. The number of hydrogen-bond acceptors (Lipinski definition) is 6. The van der Waals surface area contributed by atoms with Crippen molar-refractivity contribution >= 4 is 27.7 Å². The standard InChI is InChI=1S/C21H18N2O5S2/c24-21(22-25)16(12-14-6-2-1-3-7-14)23-30(26,27)15-10-11-18-20(13-15)29-19-9-5-4-8-17(19)28-18/h1-11,13,16,23,25H,12H2,(H,22,24). The van der Waals surface area contributed by atoms with Gasteiger partial charge in [0.1, 0.15) is 17.5 Å². The van der Waals surface area contributed by atoms with Gasteiger partial charge in [0.2, 0.25) is 10.0 Å². The van der Waals surface area contributed by atoms with E-state index >= 15 is 0 Å². The Kier molecular flexibility index (Phi) is 5.78. The van der Waals surface area contributed by atoms with Crippen molar-refractivity contribution in [1.82, 2.24) is 10.2 Å². The Balaban J connectivity index is 1.59. The first-order valence-corrected chi connectivity index (χ1v) is 11.4. The number of fused-ring (bicyclic) bond motifs is 2. The van der Waals surface area contributed by atoms with Crippen LogP contribution in [0, 0.1) is 0 Å². The lowest BCUT2D eigenvalue weighted by Crippen LogP contribution is -2.47. The Morgan fingerprint density at radius 3 is 2.43 bits per heavy atom. The topological polar surface area (TPSA) is 105 Å². The minimum absolute atomic E-state index is 0.000493. The lowest BCUT2D eigenvalue weighted by atomic mass is 10.1. The predicted molar refractivity (Wildman–Crippen MR) is 111 cm³/mol. The van der Waals surface area contributed by atoms with Gasteiger partial charge in [-0.2, -0.15) is 4.72 Å². The Morgan fingerprint density at radius 2 is 1.67 bits per heavy atom. The lowest BCUT2D eigenvalue weighted by molar-refractivity contribution is -0.130. The van der Waals surface area contributed by atoms with E-state index in [1.807, 2.05) is 30.3 Å². The van der Waals surface area contributed by atoms with Gasteiger partial charge in [0.05, 0.1) is 14.7 Å². The summed E-state index contributed by atoms with van der Waals surface area (Å²) in [5.74, 6) is 0.435. The third-order valence-electron chi connectivity index (χ3n) is 4.52. The van der Waals surface area contributed by atoms with Gasteiger partial charge in [-0.1, -0.05) is 54.2 Å². The van der Waals surface area contributed by atoms with Crippen molar-refractivity contribution in [3.05, 3.63) is 78.4 Å². The van der Waals surface area contributed by atoms with Gasteiger partial charge in [-0.3, -0.25) is 10.0 Å². The van der Waals surface area contributed by atoms with E-state index in [0.29, 0.717) is 16.4 Å². The molecule has 1 aliphatic rings. The quantitative estimate of drug-likeness (QED) is 0.313. The summed E-state index contributed by atoms with van der Waals surface area (Å²) in [4.78, 5) is 13.6. The molecule has 154 valence electrons. The number of nitrogens with one attached hydrogen (secondary N) is 2. The molecule has 0 aliphatic carbocycles. The molecule has 0 bridgehead atoms. The second-order valence-electron chi connectivity index (χ2n) is 6.60. The van der Waals surface area contributed by atoms with Crippen LogP contribution in [0.4, 0.5) is 0 Å². The van der Waals surface area contributed by atoms with E-state index in [9.17, 15) is 13.2 Å². The van der Waals surface area contributed by atoms with Gasteiger partial charge in [-0.15, -0.1) is 0 Å². The monoisotopic (exact) mass is 442 g/mol. The van der Waals surface area contributed by atoms with Crippen molar-refractivity contribution < 1.29 is 23.2 Å². The minimum Gasteiger partial charge on any atom is -0.455 e. The number of benzene rings is 3. The number of carbonyl (C=O) groups excluding carboxylic acids is 1. The molecule has 9 heteroatoms. The molecule has 30 heavy (non-hydrogen) atoms. The largest absolute Gasteiger partial charge is 0.455 e. The predicted octanol–water partition coefficient (Wildman–Crippen LogP) is 3.34. The maximum Gasteiger partial charge on any atom is 0.261 e. The van der Waals surface area contributed by atoms with E-state index in [-0.39, 0.29) is 11.3 Å². The average molecular weight is 443 g/mol. The average Bonchev–Trinajstić information content (AvgIpc) is 2.76. The number of carbonyl (C=O) groups is 1. The molecule has 0 aromatic heterocycles. The number of ether oxygens (including phenoxy) is 1. The van der Waals surface area contributed by atoms with Crippen LogP contribution < -0.4 is 14.9 Å². The summed E-state index contributed by atoms with van der Waals surface area (Å²) in [5, 5.41) is 9.05. The van der Waals surface area contributed by atoms with Crippen molar-refractivity contribution in [2.45, 2.75) is 27.1 Å². The number of hydrogen-bond donors (Lipinski definition) is 3. The molecular weight excluding hydrogens is 424 g/mol. The van der Waals surface area contributed by atoms with Crippen LogP contribution in [0.25, 0.3) is 0 Å². The van der Waals surface area contributed by atoms with Crippen LogP contribution in [-0.4, -0.2) is 25.6 Å². The molecule has 1 heterocycles. The first-order valence-electron chi connectivity index (χ1n) is 9.05. The summed E-state index contributed by atoms with van der Waals surface area (Å²) in [6, 6.07) is 19.8. The first-order chi connectivity index (χ1) is 14.5. The molecule has 3 aromatic carbocycles. The van der Waals surface area contributed by atoms with Crippen LogP contribution in [-0.2, 0) is 21.2 Å². The molecule has 1 atom stereocenters. The summed E-state index contributed by atoms with van der Waals surface area (Å²) >= 11 is 1.41. The summed E-state index contributed by atoms with van der Waals surface area (Å²) < 4.78 is 34.1. The summed E-state index contributed by atoms with van der Waals surface area (Å²) in [6.07, 6.45) is 0.0860. The maximum absolute atomic E-state index is 13.0. The van der Waals surface area contributed by atoms with Gasteiger partial charge in [-0.05, 0) is 42.3 Å². The summed E-state index contributed by atoms with van der Waals surface area (Å²) in [7, 11) is -4.04. The smallest absolute Gasteiger partial charge is 0.261 e. The molecular formula is C21H18N2O5S2. The second kappa shape index (κ2) is 8.49. The highest BCUT2D eigenvalue weighted by atomic mass is 32.2. The van der Waals surface area contributed by atoms with E-state index in [1.54, 1.807) is 30.3 Å². The zero-order valence-corrected chi connectivity index (χ0v) is 17.2. The molecule has 0 saturated carbocycles. The van der Waals surface area contributed by atoms with E-state index in [0.717, 1.165) is 10.5 Å². The van der Waals surface area contributed by atoms with Crippen molar-refractivity contribution in [2.24, 2.45) is 0 Å². The van der Waals surface area contributed by atoms with E-state index in [4.69, 9.17) is 9.94 Å². The molecule has 0 saturated heterocycles. The Morgan fingerprint density at radius 1 is 0.967 bits per heavy atom. The van der Waals surface area contributed by atoms with E-state index in [1.165, 1.54) is 29.4 Å². The third kappa shape index (κ3) is 4.34. The number of rotatable bonds is 6. The number of para-hydroxylation sites is 1. The fourth-order valence-corrected chi connectivity index (χ4v) is 5.33. The zero-order chi connectivity index (χ0) is 21.1. The highest BCUT2D eigenvalue weighted by Gasteiger charge is 2.27. The SMILES string of the molecule is O=C(NO)C(Cc1ccccc1)NS(=O)(=O)c1ccc2c(c1)Sc1ccccc1O2. The Hall–Kier alpha value is -2.85. The number of amides is 1. The van der Waals surface area contributed by atoms with Crippen LogP contribution >= 0.6 is 11.8 Å². The van der Waals surface area contributed by atoms with E-state index < -0.39 is 22.0 Å². The fraction of sp³-hybridized carbons (Fsp3) is 0.0952. The van der Waals surface area contributed by atoms with Gasteiger partial charge in [0.15, 0.2) is 0 Å². The number of hydroxylamine groups is 1. The minimum atomic E-state index is -4.04. The molecule has 4 rings (SSSR count). The van der Waals surface area contributed by atoms with Gasteiger partial charge >= 0.3 is 0 Å². The molecule has 3 N–H and O–H groups in total. The van der Waals surface area contributed by atoms with Crippen LogP contribution in [0.5, 0.6) is 11.5 Å². The van der Waals surface area contributed by atoms with Crippen molar-refractivity contribution in [1.29, 1.82) is 0 Å². The summed E-state index contributed by atoms with van der Waals surface area (Å²) in [6.45, 7) is 0. The van der Waals surface area contributed by atoms with Crippen molar-refractivity contribution in [3.8, 4) is 11.5 Å². The van der Waals surface area contributed by atoms with Crippen molar-refractivity contribution in [3.63, 3.8) is 0 Å². The maximum atomic E-state index is 13.0. The molecule has 3 aromatic rings. The second-order valence-corrected chi connectivity index (χ2v) is 9.40. The molecule has 7 nitrogen and oxygen atoms in total. The fourth-order valence-electron chi connectivity index (χ4n) is 3.05. The van der Waals surface area contributed by atoms with Gasteiger partial charge in [-0.25, -0.2) is 13.9 Å². The lowest BCUT2D eigenvalue weighted by Gasteiger charge is -2.21. The molecule has 1 aliphatic heterocycles. The summed E-state index contributed by atoms with van der Waals surface area (Å²) in [5.41, 5.74) is 2.28. The first kappa shape index (κ1) is 20.4.